The van der Waals surface area contributed by atoms with Crippen molar-refractivity contribution in [1.29, 1.82) is 0 Å². The van der Waals surface area contributed by atoms with Crippen molar-refractivity contribution < 1.29 is 13.2 Å². The highest BCUT2D eigenvalue weighted by atomic mass is 19.4. The van der Waals surface area contributed by atoms with Gasteiger partial charge in [-0.2, -0.15) is 13.2 Å². The Hall–Kier alpha value is -2.01. The zero-order valence-corrected chi connectivity index (χ0v) is 17.2. The molecule has 1 saturated heterocycles. The summed E-state index contributed by atoms with van der Waals surface area (Å²) in [6.45, 7) is 7.01. The van der Waals surface area contributed by atoms with Crippen molar-refractivity contribution in [1.82, 2.24) is 10.6 Å². The van der Waals surface area contributed by atoms with Gasteiger partial charge in [0.1, 0.15) is 0 Å². The molecular formula is C23H31F3N2. The van der Waals surface area contributed by atoms with Gasteiger partial charge in [-0.3, -0.25) is 0 Å². The molecule has 0 aromatic heterocycles. The first-order valence-corrected chi connectivity index (χ1v) is 10.1. The Morgan fingerprint density at radius 3 is 2.46 bits per heavy atom. The second-order valence-corrected chi connectivity index (χ2v) is 6.91. The first-order chi connectivity index (χ1) is 13.4. The molecule has 3 rings (SSSR count). The lowest BCUT2D eigenvalue weighted by Gasteiger charge is -2.19. The van der Waals surface area contributed by atoms with Gasteiger partial charge in [-0.15, -0.1) is 0 Å². The Morgan fingerprint density at radius 1 is 1.11 bits per heavy atom. The third-order valence-electron chi connectivity index (χ3n) is 5.11. The smallest absolute Gasteiger partial charge is 0.382 e. The molecule has 0 radical (unpaired) electrons. The van der Waals surface area contributed by atoms with Crippen molar-refractivity contribution in [2.45, 2.75) is 52.3 Å². The molecule has 5 heteroatoms. The van der Waals surface area contributed by atoms with Gasteiger partial charge in [-0.1, -0.05) is 50.3 Å². The Bertz CT molecular complexity index is 733. The number of halogens is 3. The average molecular weight is 393 g/mol. The summed E-state index contributed by atoms with van der Waals surface area (Å²) in [6.07, 6.45) is 9.96. The predicted octanol–water partition coefficient (Wildman–Crippen LogP) is 5.75. The van der Waals surface area contributed by atoms with Crippen molar-refractivity contribution >= 4 is 0 Å². The van der Waals surface area contributed by atoms with Gasteiger partial charge in [0.15, 0.2) is 0 Å². The van der Waals surface area contributed by atoms with Crippen LogP contribution in [0.3, 0.4) is 0 Å². The highest BCUT2D eigenvalue weighted by Crippen LogP contribution is 2.40. The molecule has 0 spiro atoms. The van der Waals surface area contributed by atoms with Crippen LogP contribution in [-0.2, 0) is 0 Å². The van der Waals surface area contributed by atoms with E-state index in [4.69, 9.17) is 0 Å². The monoisotopic (exact) mass is 392 g/mol. The van der Waals surface area contributed by atoms with Crippen LogP contribution in [0.15, 0.2) is 70.5 Å². The number of rotatable bonds is 4. The molecule has 3 aliphatic rings. The summed E-state index contributed by atoms with van der Waals surface area (Å²) in [4.78, 5) is 0. The Kier molecular flexibility index (Phi) is 7.93. The largest absolute Gasteiger partial charge is 0.416 e. The van der Waals surface area contributed by atoms with Crippen LogP contribution in [0.1, 0.15) is 40.0 Å². The number of allylic oxidation sites excluding steroid dienone is 11. The summed E-state index contributed by atoms with van der Waals surface area (Å²) in [7, 11) is 1.92. The van der Waals surface area contributed by atoms with Crippen LogP contribution in [0, 0.1) is 5.92 Å². The fourth-order valence-electron chi connectivity index (χ4n) is 3.82. The number of alkyl halides is 3. The maximum atomic E-state index is 13.3. The molecule has 2 nitrogen and oxygen atoms in total. The van der Waals surface area contributed by atoms with E-state index in [1.165, 1.54) is 12.2 Å². The van der Waals surface area contributed by atoms with Gasteiger partial charge >= 0.3 is 6.18 Å². The summed E-state index contributed by atoms with van der Waals surface area (Å²) in [5, 5.41) is 6.72. The maximum absolute atomic E-state index is 13.3. The summed E-state index contributed by atoms with van der Waals surface area (Å²) >= 11 is 0. The van der Waals surface area contributed by atoms with E-state index in [2.05, 4.69) is 23.6 Å². The van der Waals surface area contributed by atoms with Crippen LogP contribution in [-0.4, -0.2) is 25.8 Å². The van der Waals surface area contributed by atoms with Crippen molar-refractivity contribution in [2.24, 2.45) is 5.92 Å². The highest BCUT2D eigenvalue weighted by molar-refractivity contribution is 5.60. The first-order valence-electron chi connectivity index (χ1n) is 10.1. The number of hydrogen-bond donors (Lipinski definition) is 2. The molecular weight excluding hydrogens is 361 g/mol. The SMILES string of the molecule is CC.CNCCC1C2=C(C3=CCC=CC(C(F)(F)F)=C3)C=CCC=C2NC1C. The lowest BCUT2D eigenvalue weighted by Crippen LogP contribution is -2.25. The molecule has 1 fully saturated rings. The van der Waals surface area contributed by atoms with Crippen molar-refractivity contribution in [2.75, 3.05) is 13.6 Å². The minimum absolute atomic E-state index is 0.265. The van der Waals surface area contributed by atoms with Gasteiger partial charge in [0.25, 0.3) is 0 Å². The van der Waals surface area contributed by atoms with Crippen LogP contribution >= 0.6 is 0 Å². The van der Waals surface area contributed by atoms with Crippen molar-refractivity contribution in [3.8, 4) is 0 Å². The molecule has 0 bridgehead atoms. The molecule has 2 unspecified atom stereocenters. The van der Waals surface area contributed by atoms with E-state index in [1.54, 1.807) is 6.08 Å². The topological polar surface area (TPSA) is 24.1 Å². The Balaban J connectivity index is 0.00000136. The average Bonchev–Trinajstić information content (AvgIpc) is 2.86. The summed E-state index contributed by atoms with van der Waals surface area (Å²) in [6, 6.07) is 0.265. The highest BCUT2D eigenvalue weighted by Gasteiger charge is 2.35. The molecule has 0 aromatic carbocycles. The zero-order valence-electron chi connectivity index (χ0n) is 17.2. The summed E-state index contributed by atoms with van der Waals surface area (Å²) in [5.41, 5.74) is 3.19. The molecule has 2 atom stereocenters. The molecule has 1 aliphatic heterocycles. The van der Waals surface area contributed by atoms with Gasteiger partial charge in [-0.25, -0.2) is 0 Å². The van der Waals surface area contributed by atoms with E-state index >= 15 is 0 Å². The maximum Gasteiger partial charge on any atom is 0.416 e. The summed E-state index contributed by atoms with van der Waals surface area (Å²) < 4.78 is 39.9. The lowest BCUT2D eigenvalue weighted by molar-refractivity contribution is -0.0882. The standard InChI is InChI=1S/C21H25F3N2.C2H6/c1-14-17(11-12-25-2)20-18(9-5-6-10-19(20)26-14)15-7-3-4-8-16(13-15)21(22,23)24;1-2/h4-5,7-10,13-14,17,25-26H,3,6,11-12H2,1-2H3;1-2H3. The molecule has 28 heavy (non-hydrogen) atoms. The number of nitrogens with one attached hydrogen (secondary N) is 2. The van der Waals surface area contributed by atoms with Crippen LogP contribution in [0.2, 0.25) is 0 Å². The number of fused-ring (bicyclic) bond motifs is 1. The van der Waals surface area contributed by atoms with E-state index in [9.17, 15) is 13.2 Å². The van der Waals surface area contributed by atoms with Gasteiger partial charge in [-0.05, 0) is 62.6 Å². The molecule has 0 saturated carbocycles. The zero-order chi connectivity index (χ0) is 20.7. The second-order valence-electron chi connectivity index (χ2n) is 6.91. The van der Waals surface area contributed by atoms with E-state index in [-0.39, 0.29) is 12.0 Å². The fourth-order valence-corrected chi connectivity index (χ4v) is 3.82. The van der Waals surface area contributed by atoms with Crippen LogP contribution in [0.4, 0.5) is 13.2 Å². The van der Waals surface area contributed by atoms with E-state index < -0.39 is 11.7 Å². The molecule has 2 N–H and O–H groups in total. The lowest BCUT2D eigenvalue weighted by atomic mass is 9.85. The molecule has 0 amide bonds. The fraction of sp³-hybridized carbons (Fsp3) is 0.478. The van der Waals surface area contributed by atoms with Crippen LogP contribution in [0.25, 0.3) is 0 Å². The van der Waals surface area contributed by atoms with Crippen LogP contribution in [0.5, 0.6) is 0 Å². The molecule has 2 aliphatic carbocycles. The van der Waals surface area contributed by atoms with Crippen molar-refractivity contribution in [3.63, 3.8) is 0 Å². The van der Waals surface area contributed by atoms with Gasteiger partial charge in [0, 0.05) is 17.7 Å². The number of hydrogen-bond acceptors (Lipinski definition) is 2. The Morgan fingerprint density at radius 2 is 1.79 bits per heavy atom. The van der Waals surface area contributed by atoms with Crippen molar-refractivity contribution in [3.05, 3.63) is 70.5 Å². The molecule has 1 heterocycles. The predicted molar refractivity (Wildman–Crippen MR) is 111 cm³/mol. The van der Waals surface area contributed by atoms with Gasteiger partial charge in [0.05, 0.1) is 5.57 Å². The van der Waals surface area contributed by atoms with E-state index in [0.717, 1.165) is 36.2 Å². The summed E-state index contributed by atoms with van der Waals surface area (Å²) in [5.74, 6) is 0.270. The van der Waals surface area contributed by atoms with Gasteiger partial charge in [0.2, 0.25) is 0 Å². The third kappa shape index (κ3) is 5.07. The third-order valence-corrected chi connectivity index (χ3v) is 5.11. The Labute approximate surface area is 166 Å². The van der Waals surface area contributed by atoms with E-state index in [1.807, 2.05) is 39.1 Å². The van der Waals surface area contributed by atoms with E-state index in [0.29, 0.717) is 12.0 Å². The molecule has 154 valence electrons. The minimum atomic E-state index is -4.34. The van der Waals surface area contributed by atoms with Crippen LogP contribution < -0.4 is 10.6 Å². The normalized spacial score (nSPS) is 24.2. The van der Waals surface area contributed by atoms with Gasteiger partial charge < -0.3 is 10.6 Å². The molecule has 0 aromatic rings. The minimum Gasteiger partial charge on any atom is -0.382 e. The quantitative estimate of drug-likeness (QED) is 0.637. The first kappa shape index (κ1) is 22.3. The second kappa shape index (κ2) is 9.97.